The van der Waals surface area contributed by atoms with E-state index < -0.39 is 0 Å². The van der Waals surface area contributed by atoms with Crippen LogP contribution in [0.3, 0.4) is 0 Å². The Morgan fingerprint density at radius 1 is 0.828 bits per heavy atom. The number of methoxy groups -OCH3 is 2. The zero-order chi connectivity index (χ0) is 21.3. The molecule has 0 aromatic heterocycles. The Balaban J connectivity index is 1.94. The van der Waals surface area contributed by atoms with Crippen molar-refractivity contribution in [2.45, 2.75) is 39.5 Å². The molecule has 2 aromatic carbocycles. The molecule has 0 saturated carbocycles. The number of Topliss-reactive ketones (excluding diaryl/α,β-unsaturated/α-hetero) is 1. The topological polar surface area (TPSA) is 61.8 Å². The van der Waals surface area contributed by atoms with Crippen molar-refractivity contribution in [3.8, 4) is 11.5 Å². The minimum absolute atomic E-state index is 0.0801. The van der Waals surface area contributed by atoms with Crippen molar-refractivity contribution in [2.75, 3.05) is 20.8 Å². The van der Waals surface area contributed by atoms with E-state index in [1.165, 1.54) is 0 Å². The van der Waals surface area contributed by atoms with Gasteiger partial charge >= 0.3 is 5.97 Å². The van der Waals surface area contributed by atoms with Gasteiger partial charge in [0.1, 0.15) is 11.5 Å². The van der Waals surface area contributed by atoms with Gasteiger partial charge in [-0.3, -0.25) is 4.79 Å². The summed E-state index contributed by atoms with van der Waals surface area (Å²) in [5.74, 6) is 1.13. The lowest BCUT2D eigenvalue weighted by atomic mass is 9.81. The van der Waals surface area contributed by atoms with Crippen LogP contribution in [0.5, 0.6) is 11.5 Å². The minimum atomic E-state index is -0.364. The number of ether oxygens (including phenoxy) is 3. The maximum atomic E-state index is 12.6. The smallest absolute Gasteiger partial charge is 0.338 e. The molecule has 5 heteroatoms. The highest BCUT2D eigenvalue weighted by Crippen LogP contribution is 2.31. The van der Waals surface area contributed by atoms with Gasteiger partial charge in [0.2, 0.25) is 0 Å². The molecule has 0 spiro atoms. The number of esters is 1. The second-order valence-corrected chi connectivity index (χ2v) is 7.52. The molecule has 29 heavy (non-hydrogen) atoms. The van der Waals surface area contributed by atoms with Gasteiger partial charge in [0.15, 0.2) is 5.78 Å². The first kappa shape index (κ1) is 22.5. The molecular formula is C24H30O5. The number of carbonyl (C=O) groups is 2. The highest BCUT2D eigenvalue weighted by Gasteiger charge is 2.27. The maximum Gasteiger partial charge on any atom is 0.338 e. The Morgan fingerprint density at radius 2 is 1.34 bits per heavy atom. The van der Waals surface area contributed by atoms with E-state index >= 15 is 0 Å². The van der Waals surface area contributed by atoms with Gasteiger partial charge in [0.05, 0.1) is 26.4 Å². The first-order chi connectivity index (χ1) is 13.9. The normalized spacial score (nSPS) is 12.7. The van der Waals surface area contributed by atoms with Crippen LogP contribution in [0, 0.1) is 5.41 Å². The molecule has 0 aliphatic carbocycles. The molecule has 0 bridgehead atoms. The molecule has 0 heterocycles. The number of benzene rings is 2. The molecule has 156 valence electrons. The van der Waals surface area contributed by atoms with Crippen LogP contribution in [0.25, 0.3) is 0 Å². The average Bonchev–Trinajstić information content (AvgIpc) is 2.76. The minimum Gasteiger partial charge on any atom is -0.497 e. The molecule has 2 aromatic rings. The van der Waals surface area contributed by atoms with Crippen molar-refractivity contribution in [1.29, 1.82) is 0 Å². The third-order valence-corrected chi connectivity index (χ3v) is 5.10. The second-order valence-electron chi connectivity index (χ2n) is 7.52. The summed E-state index contributed by atoms with van der Waals surface area (Å²) >= 11 is 0. The monoisotopic (exact) mass is 398 g/mol. The summed E-state index contributed by atoms with van der Waals surface area (Å²) in [5.41, 5.74) is 0.901. The van der Waals surface area contributed by atoms with Crippen molar-refractivity contribution in [3.63, 3.8) is 0 Å². The van der Waals surface area contributed by atoms with Crippen LogP contribution in [0.2, 0.25) is 0 Å². The van der Waals surface area contributed by atoms with Gasteiger partial charge in [-0.05, 0) is 61.4 Å². The predicted molar refractivity (Wildman–Crippen MR) is 113 cm³/mol. The molecule has 0 fully saturated rings. The lowest BCUT2D eigenvalue weighted by molar-refractivity contribution is 0.0271. The molecule has 0 saturated heterocycles. The van der Waals surface area contributed by atoms with Crippen LogP contribution in [0.1, 0.15) is 60.2 Å². The third kappa shape index (κ3) is 6.63. The number of carbonyl (C=O) groups excluding carboxylic acids is 2. The summed E-state index contributed by atoms with van der Waals surface area (Å²) in [5, 5.41) is 0. The van der Waals surface area contributed by atoms with E-state index in [0.29, 0.717) is 29.7 Å². The average molecular weight is 398 g/mol. The zero-order valence-electron chi connectivity index (χ0n) is 17.7. The van der Waals surface area contributed by atoms with E-state index in [1.807, 2.05) is 0 Å². The Kier molecular flexibility index (Phi) is 8.25. The first-order valence-electron chi connectivity index (χ1n) is 9.89. The van der Waals surface area contributed by atoms with E-state index in [2.05, 4.69) is 13.8 Å². The molecule has 2 rings (SSSR count). The van der Waals surface area contributed by atoms with Crippen LogP contribution >= 0.6 is 0 Å². The van der Waals surface area contributed by atoms with Gasteiger partial charge in [0.25, 0.3) is 0 Å². The highest BCUT2D eigenvalue weighted by molar-refractivity contribution is 5.96. The summed E-state index contributed by atoms with van der Waals surface area (Å²) in [6.07, 6.45) is 2.89. The van der Waals surface area contributed by atoms with Gasteiger partial charge in [-0.25, -0.2) is 4.79 Å². The lowest BCUT2D eigenvalue weighted by Gasteiger charge is -2.28. The largest absolute Gasteiger partial charge is 0.497 e. The van der Waals surface area contributed by atoms with Crippen LogP contribution in [-0.2, 0) is 4.74 Å². The van der Waals surface area contributed by atoms with Crippen molar-refractivity contribution >= 4 is 11.8 Å². The standard InChI is InChI=1S/C24H30O5/c1-5-15-24(2,16-14-22(25)18-6-10-20(27-3)11-7-18)17-29-23(26)19-8-12-21(28-4)13-9-19/h6-13H,5,14-17H2,1-4H3. The molecule has 0 N–H and O–H groups in total. The Bertz CT molecular complexity index is 730. The molecule has 1 unspecified atom stereocenters. The van der Waals surface area contributed by atoms with E-state index in [0.717, 1.165) is 18.6 Å². The molecule has 0 aliphatic rings. The van der Waals surface area contributed by atoms with E-state index in [-0.39, 0.29) is 23.8 Å². The fourth-order valence-corrected chi connectivity index (χ4v) is 3.26. The van der Waals surface area contributed by atoms with Crippen molar-refractivity contribution in [2.24, 2.45) is 5.41 Å². The number of hydrogen-bond donors (Lipinski definition) is 0. The second kappa shape index (κ2) is 10.6. The summed E-state index contributed by atoms with van der Waals surface area (Å²) in [7, 11) is 3.18. The number of rotatable bonds is 11. The highest BCUT2D eigenvalue weighted by atomic mass is 16.5. The third-order valence-electron chi connectivity index (χ3n) is 5.10. The quantitative estimate of drug-likeness (QED) is 0.378. The van der Waals surface area contributed by atoms with E-state index in [9.17, 15) is 9.59 Å². The Morgan fingerprint density at radius 3 is 1.83 bits per heavy atom. The summed E-state index contributed by atoms with van der Waals surface area (Å²) in [6, 6.07) is 14.0. The molecule has 5 nitrogen and oxygen atoms in total. The van der Waals surface area contributed by atoms with Crippen LogP contribution in [0.15, 0.2) is 48.5 Å². The van der Waals surface area contributed by atoms with Crippen LogP contribution in [-0.4, -0.2) is 32.6 Å². The maximum absolute atomic E-state index is 12.6. The van der Waals surface area contributed by atoms with Gasteiger partial charge in [0, 0.05) is 17.4 Å². The van der Waals surface area contributed by atoms with E-state index in [1.54, 1.807) is 62.8 Å². The number of ketones is 1. The Hall–Kier alpha value is -2.82. The molecule has 0 aliphatic heterocycles. The van der Waals surface area contributed by atoms with Gasteiger partial charge in [-0.15, -0.1) is 0 Å². The van der Waals surface area contributed by atoms with Gasteiger partial charge < -0.3 is 14.2 Å². The van der Waals surface area contributed by atoms with Crippen LogP contribution < -0.4 is 9.47 Å². The molecular weight excluding hydrogens is 368 g/mol. The van der Waals surface area contributed by atoms with Gasteiger partial charge in [-0.1, -0.05) is 20.3 Å². The van der Waals surface area contributed by atoms with Gasteiger partial charge in [-0.2, -0.15) is 0 Å². The molecule has 0 amide bonds. The molecule has 1 atom stereocenters. The SMILES string of the molecule is CCCC(C)(CCC(=O)c1ccc(OC)cc1)COC(=O)c1ccc(OC)cc1. The van der Waals surface area contributed by atoms with Crippen molar-refractivity contribution < 1.29 is 23.8 Å². The molecule has 0 radical (unpaired) electrons. The summed E-state index contributed by atoms with van der Waals surface area (Å²) < 4.78 is 15.8. The summed E-state index contributed by atoms with van der Waals surface area (Å²) in [6.45, 7) is 4.44. The number of hydrogen-bond acceptors (Lipinski definition) is 5. The van der Waals surface area contributed by atoms with Crippen LogP contribution in [0.4, 0.5) is 0 Å². The fourth-order valence-electron chi connectivity index (χ4n) is 3.26. The lowest BCUT2D eigenvalue weighted by Crippen LogP contribution is -2.26. The summed E-state index contributed by atoms with van der Waals surface area (Å²) in [4.78, 5) is 24.9. The van der Waals surface area contributed by atoms with Crippen molar-refractivity contribution in [3.05, 3.63) is 59.7 Å². The fraction of sp³-hybridized carbons (Fsp3) is 0.417. The first-order valence-corrected chi connectivity index (χ1v) is 9.89. The Labute approximate surface area is 173 Å². The van der Waals surface area contributed by atoms with E-state index in [4.69, 9.17) is 14.2 Å². The van der Waals surface area contributed by atoms with Crippen molar-refractivity contribution in [1.82, 2.24) is 0 Å². The zero-order valence-corrected chi connectivity index (χ0v) is 17.7. The predicted octanol–water partition coefficient (Wildman–Crippen LogP) is 5.33.